The molecule has 2 aromatic carbocycles. The average Bonchev–Trinajstić information content (AvgIpc) is 3.40. The van der Waals surface area contributed by atoms with Crippen molar-refractivity contribution < 1.29 is 9.18 Å². The number of anilines is 1. The zero-order valence-corrected chi connectivity index (χ0v) is 17.2. The van der Waals surface area contributed by atoms with E-state index in [1.165, 1.54) is 12.8 Å². The molecule has 1 aliphatic heterocycles. The van der Waals surface area contributed by atoms with Crippen molar-refractivity contribution in [3.63, 3.8) is 0 Å². The van der Waals surface area contributed by atoms with Crippen molar-refractivity contribution in [3.8, 4) is 0 Å². The van der Waals surface area contributed by atoms with E-state index in [4.69, 9.17) is 23.2 Å². The lowest BCUT2D eigenvalue weighted by molar-refractivity contribution is -0.121. The van der Waals surface area contributed by atoms with Gasteiger partial charge in [0.15, 0.2) is 0 Å². The number of amides is 1. The highest BCUT2D eigenvalue weighted by molar-refractivity contribution is 6.31. The van der Waals surface area contributed by atoms with Crippen LogP contribution in [0.1, 0.15) is 37.7 Å². The molecule has 148 valence electrons. The van der Waals surface area contributed by atoms with Crippen LogP contribution in [-0.4, -0.2) is 29.4 Å². The molecule has 3 atom stereocenters. The predicted octanol–water partition coefficient (Wildman–Crippen LogP) is 5.73. The van der Waals surface area contributed by atoms with E-state index in [9.17, 15) is 9.18 Å². The number of rotatable bonds is 5. The first-order valence-corrected chi connectivity index (χ1v) is 10.5. The van der Waals surface area contributed by atoms with Gasteiger partial charge in [-0.2, -0.15) is 0 Å². The molecule has 1 unspecified atom stereocenters. The van der Waals surface area contributed by atoms with Crippen LogP contribution in [0.5, 0.6) is 0 Å². The number of hydrogen-bond donors (Lipinski definition) is 1. The third kappa shape index (κ3) is 4.05. The SMILES string of the molecule is C[C@H]1CC(c2cccc(Cl)c2F)[C@H](C(=O)Nc2cccc(Cl)c2)N1CC1CC1. The molecule has 0 radical (unpaired) electrons. The largest absolute Gasteiger partial charge is 0.325 e. The number of hydrogen-bond acceptors (Lipinski definition) is 2. The van der Waals surface area contributed by atoms with Gasteiger partial charge in [-0.1, -0.05) is 41.4 Å². The first kappa shape index (κ1) is 19.7. The highest BCUT2D eigenvalue weighted by Gasteiger charge is 2.46. The molecule has 0 spiro atoms. The van der Waals surface area contributed by atoms with Crippen LogP contribution in [0, 0.1) is 11.7 Å². The normalized spacial score (nSPS) is 25.1. The molecule has 2 aliphatic rings. The van der Waals surface area contributed by atoms with Gasteiger partial charge < -0.3 is 5.32 Å². The van der Waals surface area contributed by atoms with Crippen molar-refractivity contribution >= 4 is 34.8 Å². The summed E-state index contributed by atoms with van der Waals surface area (Å²) in [5.41, 5.74) is 1.16. The molecule has 0 aromatic heterocycles. The summed E-state index contributed by atoms with van der Waals surface area (Å²) in [6.45, 7) is 2.98. The first-order valence-electron chi connectivity index (χ1n) is 9.70. The molecule has 1 saturated carbocycles. The van der Waals surface area contributed by atoms with Crippen LogP contribution in [0.3, 0.4) is 0 Å². The monoisotopic (exact) mass is 420 g/mol. The summed E-state index contributed by atoms with van der Waals surface area (Å²) in [6.07, 6.45) is 3.11. The topological polar surface area (TPSA) is 32.3 Å². The lowest BCUT2D eigenvalue weighted by Gasteiger charge is -2.30. The van der Waals surface area contributed by atoms with E-state index in [1.54, 1.807) is 36.4 Å². The smallest absolute Gasteiger partial charge is 0.242 e. The molecule has 4 rings (SSSR count). The third-order valence-electron chi connectivity index (χ3n) is 5.81. The van der Waals surface area contributed by atoms with Crippen LogP contribution in [0.2, 0.25) is 10.0 Å². The Morgan fingerprint density at radius 3 is 2.68 bits per heavy atom. The van der Waals surface area contributed by atoms with E-state index < -0.39 is 11.9 Å². The Balaban J connectivity index is 1.66. The van der Waals surface area contributed by atoms with Gasteiger partial charge in [0, 0.05) is 29.2 Å². The summed E-state index contributed by atoms with van der Waals surface area (Å²) in [6, 6.07) is 11.9. The minimum atomic E-state index is -0.442. The Kier molecular flexibility index (Phi) is 5.64. The van der Waals surface area contributed by atoms with E-state index in [-0.39, 0.29) is 22.9 Å². The Morgan fingerprint density at radius 2 is 1.96 bits per heavy atom. The predicted molar refractivity (Wildman–Crippen MR) is 112 cm³/mol. The van der Waals surface area contributed by atoms with Crippen LogP contribution < -0.4 is 5.32 Å². The van der Waals surface area contributed by atoms with Gasteiger partial charge in [0.1, 0.15) is 5.82 Å². The fourth-order valence-electron chi connectivity index (χ4n) is 4.25. The van der Waals surface area contributed by atoms with Crippen LogP contribution in [-0.2, 0) is 4.79 Å². The molecule has 2 fully saturated rings. The van der Waals surface area contributed by atoms with E-state index in [2.05, 4.69) is 17.1 Å². The summed E-state index contributed by atoms with van der Waals surface area (Å²) < 4.78 is 14.8. The Morgan fingerprint density at radius 1 is 1.21 bits per heavy atom. The number of nitrogens with zero attached hydrogens (tertiary/aromatic N) is 1. The van der Waals surface area contributed by atoms with Gasteiger partial charge in [0.2, 0.25) is 5.91 Å². The number of likely N-dealkylation sites (tertiary alicyclic amines) is 1. The summed E-state index contributed by atoms with van der Waals surface area (Å²) in [5, 5.41) is 3.64. The minimum absolute atomic E-state index is 0.0970. The quantitative estimate of drug-likeness (QED) is 0.669. The summed E-state index contributed by atoms with van der Waals surface area (Å²) in [5.74, 6) is -0.162. The molecule has 1 aliphatic carbocycles. The van der Waals surface area contributed by atoms with E-state index >= 15 is 0 Å². The van der Waals surface area contributed by atoms with Crippen molar-refractivity contribution in [1.29, 1.82) is 0 Å². The van der Waals surface area contributed by atoms with Gasteiger partial charge in [-0.15, -0.1) is 0 Å². The molecule has 3 nitrogen and oxygen atoms in total. The summed E-state index contributed by atoms with van der Waals surface area (Å²) >= 11 is 12.1. The first-order chi connectivity index (χ1) is 13.4. The fourth-order valence-corrected chi connectivity index (χ4v) is 4.62. The van der Waals surface area contributed by atoms with Crippen LogP contribution in [0.4, 0.5) is 10.1 Å². The summed E-state index contributed by atoms with van der Waals surface area (Å²) in [4.78, 5) is 15.6. The molecule has 1 amide bonds. The zero-order valence-electron chi connectivity index (χ0n) is 15.7. The van der Waals surface area contributed by atoms with Gasteiger partial charge in [0.25, 0.3) is 0 Å². The Bertz CT molecular complexity index is 887. The number of halogens is 3. The second-order valence-electron chi connectivity index (χ2n) is 7.92. The van der Waals surface area contributed by atoms with Gasteiger partial charge in [-0.3, -0.25) is 9.69 Å². The van der Waals surface area contributed by atoms with Crippen molar-refractivity contribution in [3.05, 3.63) is 63.9 Å². The molecule has 28 heavy (non-hydrogen) atoms. The van der Waals surface area contributed by atoms with E-state index in [0.29, 0.717) is 22.2 Å². The van der Waals surface area contributed by atoms with Gasteiger partial charge in [-0.05, 0) is 61.9 Å². The van der Waals surface area contributed by atoms with Gasteiger partial charge >= 0.3 is 0 Å². The van der Waals surface area contributed by atoms with Crippen LogP contribution >= 0.6 is 23.2 Å². The lowest BCUT2D eigenvalue weighted by atomic mass is 9.89. The molecule has 1 saturated heterocycles. The number of carbonyl (C=O) groups excluding carboxylic acids is 1. The average molecular weight is 421 g/mol. The van der Waals surface area contributed by atoms with E-state index in [1.807, 2.05) is 6.07 Å². The maximum atomic E-state index is 14.8. The van der Waals surface area contributed by atoms with Crippen molar-refractivity contribution in [1.82, 2.24) is 4.90 Å². The lowest BCUT2D eigenvalue weighted by Crippen LogP contribution is -2.45. The zero-order chi connectivity index (χ0) is 19.8. The van der Waals surface area contributed by atoms with Crippen LogP contribution in [0.15, 0.2) is 42.5 Å². The fraction of sp³-hybridized carbons (Fsp3) is 0.409. The number of nitrogens with one attached hydrogen (secondary N) is 1. The molecular formula is C22H23Cl2FN2O. The van der Waals surface area contributed by atoms with Gasteiger partial charge in [-0.25, -0.2) is 4.39 Å². The third-order valence-corrected chi connectivity index (χ3v) is 6.33. The maximum Gasteiger partial charge on any atom is 0.242 e. The molecule has 0 bridgehead atoms. The molecule has 2 aromatic rings. The van der Waals surface area contributed by atoms with Crippen molar-refractivity contribution in [2.75, 3.05) is 11.9 Å². The summed E-state index contributed by atoms with van der Waals surface area (Å²) in [7, 11) is 0. The number of carbonyl (C=O) groups is 1. The standard InChI is InChI=1S/C22H23Cl2FN2O/c1-13-10-18(17-6-3-7-19(24)20(17)25)21(27(13)12-14-8-9-14)22(28)26-16-5-2-4-15(23)11-16/h2-7,11,13-14,18,21H,8-10,12H2,1H3,(H,26,28)/t13-,18?,21+/m0/s1. The number of benzene rings is 2. The highest BCUT2D eigenvalue weighted by Crippen LogP contribution is 2.42. The van der Waals surface area contributed by atoms with Crippen LogP contribution in [0.25, 0.3) is 0 Å². The second kappa shape index (κ2) is 8.02. The second-order valence-corrected chi connectivity index (χ2v) is 8.76. The molecule has 1 heterocycles. The van der Waals surface area contributed by atoms with Crippen molar-refractivity contribution in [2.45, 2.75) is 44.2 Å². The molecule has 6 heteroatoms. The minimum Gasteiger partial charge on any atom is -0.325 e. The van der Waals surface area contributed by atoms with Crippen molar-refractivity contribution in [2.24, 2.45) is 5.92 Å². The molecular weight excluding hydrogens is 398 g/mol. The van der Waals surface area contributed by atoms with E-state index in [0.717, 1.165) is 13.0 Å². The Hall–Kier alpha value is -1.62. The Labute approximate surface area is 174 Å². The molecule has 1 N–H and O–H groups in total. The van der Waals surface area contributed by atoms with Gasteiger partial charge in [0.05, 0.1) is 11.1 Å². The highest BCUT2D eigenvalue weighted by atomic mass is 35.5. The maximum absolute atomic E-state index is 14.8.